The normalized spacial score (nSPS) is 18.0. The van der Waals surface area contributed by atoms with Gasteiger partial charge in [-0.25, -0.2) is 0 Å². The molecular formula is C14H19NO2. The molecule has 0 aromatic heterocycles. The van der Waals surface area contributed by atoms with Crippen molar-refractivity contribution in [3.8, 4) is 5.75 Å². The maximum atomic E-state index is 10.8. The summed E-state index contributed by atoms with van der Waals surface area (Å²) in [6, 6.07) is 7.66. The molecule has 0 aliphatic heterocycles. The molecule has 1 fully saturated rings. The molecule has 1 aromatic rings. The largest absolute Gasteiger partial charge is 0.427 e. The molecular weight excluding hydrogens is 214 g/mol. The second-order valence-corrected chi connectivity index (χ2v) is 4.73. The minimum Gasteiger partial charge on any atom is -0.427 e. The van der Waals surface area contributed by atoms with Crippen LogP contribution in [0.3, 0.4) is 0 Å². The van der Waals surface area contributed by atoms with E-state index in [9.17, 15) is 4.79 Å². The fraction of sp³-hybridized carbons (Fsp3) is 0.500. The van der Waals surface area contributed by atoms with Gasteiger partial charge < -0.3 is 10.5 Å². The lowest BCUT2D eigenvalue weighted by molar-refractivity contribution is -0.131. The summed E-state index contributed by atoms with van der Waals surface area (Å²) in [4.78, 5) is 10.8. The van der Waals surface area contributed by atoms with E-state index in [1.165, 1.54) is 32.6 Å². The predicted octanol–water partition coefficient (Wildman–Crippen LogP) is 2.80. The van der Waals surface area contributed by atoms with Crippen molar-refractivity contribution in [3.63, 3.8) is 0 Å². The highest BCUT2D eigenvalue weighted by Crippen LogP contribution is 2.34. The zero-order valence-electron chi connectivity index (χ0n) is 10.2. The van der Waals surface area contributed by atoms with E-state index in [2.05, 4.69) is 0 Å². The van der Waals surface area contributed by atoms with E-state index < -0.39 is 0 Å². The molecule has 92 valence electrons. The average Bonchev–Trinajstić information content (AvgIpc) is 2.82. The Morgan fingerprint density at radius 2 is 1.88 bits per heavy atom. The van der Waals surface area contributed by atoms with Crippen LogP contribution >= 0.6 is 0 Å². The lowest BCUT2D eigenvalue weighted by atomic mass is 9.92. The second-order valence-electron chi connectivity index (χ2n) is 4.73. The van der Waals surface area contributed by atoms with Crippen LogP contribution in [0, 0.1) is 5.92 Å². The van der Waals surface area contributed by atoms with Crippen LogP contribution in [0.2, 0.25) is 0 Å². The van der Waals surface area contributed by atoms with E-state index >= 15 is 0 Å². The summed E-state index contributed by atoms with van der Waals surface area (Å²) in [6.45, 7) is 1.40. The van der Waals surface area contributed by atoms with Crippen LogP contribution in [0.25, 0.3) is 0 Å². The van der Waals surface area contributed by atoms with Crippen molar-refractivity contribution in [1.82, 2.24) is 0 Å². The Labute approximate surface area is 102 Å². The first kappa shape index (κ1) is 12.1. The first-order chi connectivity index (χ1) is 8.16. The van der Waals surface area contributed by atoms with Gasteiger partial charge in [0.15, 0.2) is 0 Å². The minimum absolute atomic E-state index is 0.115. The first-order valence-corrected chi connectivity index (χ1v) is 6.21. The van der Waals surface area contributed by atoms with E-state index in [0.29, 0.717) is 11.7 Å². The number of carbonyl (C=O) groups excluding carboxylic acids is 1. The van der Waals surface area contributed by atoms with Gasteiger partial charge >= 0.3 is 5.97 Å². The molecule has 2 N–H and O–H groups in total. The first-order valence-electron chi connectivity index (χ1n) is 6.21. The summed E-state index contributed by atoms with van der Waals surface area (Å²) >= 11 is 0. The smallest absolute Gasteiger partial charge is 0.308 e. The zero-order chi connectivity index (χ0) is 12.3. The third-order valence-corrected chi connectivity index (χ3v) is 3.43. The number of nitrogens with two attached hydrogens (primary N) is 1. The fourth-order valence-electron chi connectivity index (χ4n) is 2.51. The van der Waals surface area contributed by atoms with E-state index in [0.717, 1.165) is 5.56 Å². The Kier molecular flexibility index (Phi) is 3.79. The predicted molar refractivity (Wildman–Crippen MR) is 66.6 cm³/mol. The summed E-state index contributed by atoms with van der Waals surface area (Å²) in [7, 11) is 0. The molecule has 3 nitrogen and oxygen atoms in total. The van der Waals surface area contributed by atoms with Crippen molar-refractivity contribution in [2.75, 3.05) is 0 Å². The van der Waals surface area contributed by atoms with Gasteiger partial charge in [-0.3, -0.25) is 4.79 Å². The van der Waals surface area contributed by atoms with Gasteiger partial charge in [-0.2, -0.15) is 0 Å². The topological polar surface area (TPSA) is 52.3 Å². The van der Waals surface area contributed by atoms with Gasteiger partial charge in [-0.1, -0.05) is 25.0 Å². The molecule has 17 heavy (non-hydrogen) atoms. The molecule has 0 saturated heterocycles. The van der Waals surface area contributed by atoms with Crippen molar-refractivity contribution < 1.29 is 9.53 Å². The van der Waals surface area contributed by atoms with Gasteiger partial charge in [0.05, 0.1) is 0 Å². The maximum absolute atomic E-state index is 10.8. The average molecular weight is 233 g/mol. The van der Waals surface area contributed by atoms with Crippen LogP contribution in [0.5, 0.6) is 5.75 Å². The summed E-state index contributed by atoms with van der Waals surface area (Å²) < 4.78 is 4.99. The van der Waals surface area contributed by atoms with Crippen LogP contribution in [-0.4, -0.2) is 5.97 Å². The highest BCUT2D eigenvalue weighted by atomic mass is 16.5. The van der Waals surface area contributed by atoms with E-state index in [1.807, 2.05) is 24.3 Å². The molecule has 2 rings (SSSR count). The molecule has 3 heteroatoms. The molecule has 1 aliphatic carbocycles. The Morgan fingerprint density at radius 1 is 1.29 bits per heavy atom. The van der Waals surface area contributed by atoms with Gasteiger partial charge in [-0.05, 0) is 36.5 Å². The molecule has 0 radical (unpaired) electrons. The number of ether oxygens (including phenoxy) is 1. The summed E-state index contributed by atoms with van der Waals surface area (Å²) in [6.07, 6.45) is 5.05. The van der Waals surface area contributed by atoms with Crippen molar-refractivity contribution in [2.24, 2.45) is 11.7 Å². The highest BCUT2D eigenvalue weighted by Gasteiger charge is 2.23. The third kappa shape index (κ3) is 3.07. The summed E-state index contributed by atoms with van der Waals surface area (Å²) in [5.41, 5.74) is 7.38. The van der Waals surface area contributed by atoms with Gasteiger partial charge in [0.2, 0.25) is 0 Å². The quantitative estimate of drug-likeness (QED) is 0.645. The SMILES string of the molecule is CC(=O)Oc1ccc([C@@H](N)C2CCCC2)cc1. The minimum atomic E-state index is -0.294. The van der Waals surface area contributed by atoms with Crippen LogP contribution in [0.15, 0.2) is 24.3 Å². The van der Waals surface area contributed by atoms with E-state index in [4.69, 9.17) is 10.5 Å². The summed E-state index contributed by atoms with van der Waals surface area (Å²) in [5.74, 6) is 0.896. The lowest BCUT2D eigenvalue weighted by Crippen LogP contribution is -2.18. The number of benzene rings is 1. The van der Waals surface area contributed by atoms with Crippen molar-refractivity contribution in [2.45, 2.75) is 38.6 Å². The fourth-order valence-corrected chi connectivity index (χ4v) is 2.51. The van der Waals surface area contributed by atoms with E-state index in [1.54, 1.807) is 0 Å². The standard InChI is InChI=1S/C14H19NO2/c1-10(16)17-13-8-6-12(7-9-13)14(15)11-4-2-3-5-11/h6-9,11,14H,2-5,15H2,1H3/t14-/m0/s1. The number of hydrogen-bond acceptors (Lipinski definition) is 3. The second kappa shape index (κ2) is 5.32. The molecule has 0 bridgehead atoms. The molecule has 0 unspecified atom stereocenters. The molecule has 0 spiro atoms. The van der Waals surface area contributed by atoms with Crippen molar-refractivity contribution in [1.29, 1.82) is 0 Å². The Hall–Kier alpha value is -1.35. The van der Waals surface area contributed by atoms with Crippen molar-refractivity contribution >= 4 is 5.97 Å². The molecule has 1 atom stereocenters. The van der Waals surface area contributed by atoms with Gasteiger partial charge in [0.1, 0.15) is 5.75 Å². The number of esters is 1. The highest BCUT2D eigenvalue weighted by molar-refractivity contribution is 5.69. The van der Waals surface area contributed by atoms with Gasteiger partial charge in [-0.15, -0.1) is 0 Å². The molecule has 0 amide bonds. The lowest BCUT2D eigenvalue weighted by Gasteiger charge is -2.19. The van der Waals surface area contributed by atoms with Crippen LogP contribution < -0.4 is 10.5 Å². The Balaban J connectivity index is 2.03. The summed E-state index contributed by atoms with van der Waals surface area (Å²) in [5, 5.41) is 0. The molecule has 0 heterocycles. The molecule has 1 saturated carbocycles. The molecule has 1 aliphatic rings. The van der Waals surface area contributed by atoms with Crippen LogP contribution in [-0.2, 0) is 4.79 Å². The monoisotopic (exact) mass is 233 g/mol. The van der Waals surface area contributed by atoms with Crippen LogP contribution in [0.4, 0.5) is 0 Å². The van der Waals surface area contributed by atoms with Gasteiger partial charge in [0.25, 0.3) is 0 Å². The zero-order valence-corrected chi connectivity index (χ0v) is 10.2. The van der Waals surface area contributed by atoms with Gasteiger partial charge in [0, 0.05) is 13.0 Å². The number of carbonyl (C=O) groups is 1. The Morgan fingerprint density at radius 3 is 2.41 bits per heavy atom. The van der Waals surface area contributed by atoms with Crippen molar-refractivity contribution in [3.05, 3.63) is 29.8 Å². The molecule has 1 aromatic carbocycles. The van der Waals surface area contributed by atoms with Crippen LogP contribution in [0.1, 0.15) is 44.2 Å². The number of hydrogen-bond donors (Lipinski definition) is 1. The maximum Gasteiger partial charge on any atom is 0.308 e. The number of rotatable bonds is 3. The third-order valence-electron chi connectivity index (χ3n) is 3.43. The van der Waals surface area contributed by atoms with E-state index in [-0.39, 0.29) is 12.0 Å². The Bertz CT molecular complexity index is 380.